The van der Waals surface area contributed by atoms with Gasteiger partial charge in [0, 0.05) is 32.7 Å². The number of anilines is 1. The Bertz CT molecular complexity index is 398. The van der Waals surface area contributed by atoms with E-state index in [2.05, 4.69) is 15.5 Å². The van der Waals surface area contributed by atoms with Crippen molar-refractivity contribution in [3.8, 4) is 0 Å². The fourth-order valence-electron chi connectivity index (χ4n) is 1.75. The van der Waals surface area contributed by atoms with E-state index in [0.29, 0.717) is 31.3 Å². The monoisotopic (exact) mass is 240 g/mol. The van der Waals surface area contributed by atoms with Crippen LogP contribution >= 0.6 is 0 Å². The zero-order valence-corrected chi connectivity index (χ0v) is 9.66. The second-order valence-electron chi connectivity index (χ2n) is 4.08. The van der Waals surface area contributed by atoms with Crippen LogP contribution < -0.4 is 11.1 Å². The molecule has 7 heteroatoms. The molecule has 1 unspecified atom stereocenters. The highest BCUT2D eigenvalue weighted by atomic mass is 16.5. The van der Waals surface area contributed by atoms with Crippen LogP contribution in [0.4, 0.5) is 5.82 Å². The molecule has 0 aromatic carbocycles. The second kappa shape index (κ2) is 4.72. The number of amides is 1. The molecule has 4 N–H and O–H groups in total. The number of carbonyl (C=O) groups is 1. The quantitative estimate of drug-likeness (QED) is 0.660. The standard InChI is InChI=1S/C10H16N4O3/c1-16-10(2-3-17-6-10)5-12-9(15)7-4-8(11)14-13-7/h4H,2-3,5-6H2,1H3,(H,12,15)(H3,11,13,14). The summed E-state index contributed by atoms with van der Waals surface area (Å²) < 4.78 is 10.7. The summed E-state index contributed by atoms with van der Waals surface area (Å²) in [6.45, 7) is 1.55. The maximum atomic E-state index is 11.7. The Kier molecular flexibility index (Phi) is 3.30. The summed E-state index contributed by atoms with van der Waals surface area (Å²) in [5.41, 5.74) is 5.34. The van der Waals surface area contributed by atoms with Crippen molar-refractivity contribution in [3.63, 3.8) is 0 Å². The van der Waals surface area contributed by atoms with E-state index in [1.807, 2.05) is 0 Å². The van der Waals surface area contributed by atoms with Crippen LogP contribution in [0.5, 0.6) is 0 Å². The number of carbonyl (C=O) groups excluding carboxylic acids is 1. The number of methoxy groups -OCH3 is 1. The predicted molar refractivity (Wildman–Crippen MR) is 60.5 cm³/mol. The SMILES string of the molecule is COC1(CNC(=O)c2cc(N)n[nH]2)CCOC1. The highest BCUT2D eigenvalue weighted by Crippen LogP contribution is 2.21. The third-order valence-electron chi connectivity index (χ3n) is 2.91. The smallest absolute Gasteiger partial charge is 0.269 e. The van der Waals surface area contributed by atoms with Gasteiger partial charge >= 0.3 is 0 Å². The summed E-state index contributed by atoms with van der Waals surface area (Å²) in [4.78, 5) is 11.7. The molecule has 1 atom stereocenters. The second-order valence-corrected chi connectivity index (χ2v) is 4.08. The van der Waals surface area contributed by atoms with Crippen LogP contribution in [-0.2, 0) is 9.47 Å². The van der Waals surface area contributed by atoms with Crippen molar-refractivity contribution >= 4 is 11.7 Å². The largest absolute Gasteiger partial charge is 0.382 e. The average Bonchev–Trinajstić information content (AvgIpc) is 2.95. The number of nitrogens with one attached hydrogen (secondary N) is 2. The van der Waals surface area contributed by atoms with E-state index in [9.17, 15) is 4.79 Å². The molecule has 1 aromatic rings. The lowest BCUT2D eigenvalue weighted by Gasteiger charge is -2.25. The van der Waals surface area contributed by atoms with E-state index >= 15 is 0 Å². The third kappa shape index (κ3) is 2.56. The van der Waals surface area contributed by atoms with Gasteiger partial charge in [0.05, 0.1) is 6.61 Å². The Labute approximate surface area is 98.7 Å². The first-order valence-electron chi connectivity index (χ1n) is 5.37. The molecule has 0 radical (unpaired) electrons. The number of rotatable bonds is 4. The normalized spacial score (nSPS) is 23.8. The Morgan fingerprint density at radius 3 is 3.18 bits per heavy atom. The van der Waals surface area contributed by atoms with Gasteiger partial charge in [-0.1, -0.05) is 0 Å². The van der Waals surface area contributed by atoms with Crippen LogP contribution in [0, 0.1) is 0 Å². The zero-order valence-electron chi connectivity index (χ0n) is 9.66. The van der Waals surface area contributed by atoms with Gasteiger partial charge in [-0.05, 0) is 0 Å². The highest BCUT2D eigenvalue weighted by molar-refractivity contribution is 5.92. The summed E-state index contributed by atoms with van der Waals surface area (Å²) >= 11 is 0. The molecule has 0 bridgehead atoms. The van der Waals surface area contributed by atoms with Crippen LogP contribution in [0.1, 0.15) is 16.9 Å². The van der Waals surface area contributed by atoms with Gasteiger partial charge in [0.25, 0.3) is 5.91 Å². The van der Waals surface area contributed by atoms with Crippen LogP contribution in [0.25, 0.3) is 0 Å². The lowest BCUT2D eigenvalue weighted by atomic mass is 10.0. The number of ether oxygens (including phenoxy) is 2. The van der Waals surface area contributed by atoms with Crippen LogP contribution in [0.2, 0.25) is 0 Å². The number of hydrogen-bond acceptors (Lipinski definition) is 5. The van der Waals surface area contributed by atoms with Crippen molar-refractivity contribution in [2.24, 2.45) is 0 Å². The van der Waals surface area contributed by atoms with Gasteiger partial charge in [0.15, 0.2) is 0 Å². The number of H-pyrrole nitrogens is 1. The van der Waals surface area contributed by atoms with Crippen molar-refractivity contribution in [2.45, 2.75) is 12.0 Å². The van der Waals surface area contributed by atoms with Crippen molar-refractivity contribution in [1.29, 1.82) is 0 Å². The molecule has 1 aromatic heterocycles. The van der Waals surface area contributed by atoms with Crippen molar-refractivity contribution in [2.75, 3.05) is 32.6 Å². The molecule has 7 nitrogen and oxygen atoms in total. The third-order valence-corrected chi connectivity index (χ3v) is 2.91. The van der Waals surface area contributed by atoms with E-state index in [0.717, 1.165) is 6.42 Å². The molecule has 94 valence electrons. The summed E-state index contributed by atoms with van der Waals surface area (Å²) in [6, 6.07) is 1.49. The van der Waals surface area contributed by atoms with E-state index in [4.69, 9.17) is 15.2 Å². The number of hydrogen-bond donors (Lipinski definition) is 3. The molecular formula is C10H16N4O3. The van der Waals surface area contributed by atoms with Gasteiger partial charge in [-0.2, -0.15) is 5.10 Å². The zero-order chi connectivity index (χ0) is 12.3. The van der Waals surface area contributed by atoms with Gasteiger partial charge in [-0.3, -0.25) is 9.89 Å². The maximum absolute atomic E-state index is 11.7. The summed E-state index contributed by atoms with van der Waals surface area (Å²) in [6.07, 6.45) is 0.773. The fraction of sp³-hybridized carbons (Fsp3) is 0.600. The maximum Gasteiger partial charge on any atom is 0.269 e. The Balaban J connectivity index is 1.91. The lowest BCUT2D eigenvalue weighted by Crippen LogP contribution is -2.45. The molecule has 2 rings (SSSR count). The minimum absolute atomic E-state index is 0.252. The molecule has 1 saturated heterocycles. The molecule has 1 amide bonds. The first kappa shape index (κ1) is 11.9. The van der Waals surface area contributed by atoms with Crippen LogP contribution in [0.3, 0.4) is 0 Å². The van der Waals surface area contributed by atoms with Gasteiger partial charge in [-0.15, -0.1) is 0 Å². The molecule has 17 heavy (non-hydrogen) atoms. The van der Waals surface area contributed by atoms with E-state index < -0.39 is 5.60 Å². The first-order chi connectivity index (χ1) is 8.15. The molecule has 0 saturated carbocycles. The Morgan fingerprint density at radius 2 is 2.65 bits per heavy atom. The van der Waals surface area contributed by atoms with E-state index in [1.54, 1.807) is 7.11 Å². The van der Waals surface area contributed by atoms with Crippen LogP contribution in [0.15, 0.2) is 6.07 Å². The lowest BCUT2D eigenvalue weighted by molar-refractivity contribution is -0.0149. The minimum atomic E-state index is -0.415. The summed E-state index contributed by atoms with van der Waals surface area (Å²) in [5, 5.41) is 9.02. The van der Waals surface area contributed by atoms with E-state index in [1.165, 1.54) is 6.07 Å². The van der Waals surface area contributed by atoms with Gasteiger partial charge in [-0.25, -0.2) is 0 Å². The van der Waals surface area contributed by atoms with Crippen LogP contribution in [-0.4, -0.2) is 48.6 Å². The van der Waals surface area contributed by atoms with Gasteiger partial charge in [0.1, 0.15) is 17.1 Å². The number of nitrogens with two attached hydrogens (primary N) is 1. The number of aromatic nitrogens is 2. The van der Waals surface area contributed by atoms with Crippen molar-refractivity contribution in [1.82, 2.24) is 15.5 Å². The summed E-state index contributed by atoms with van der Waals surface area (Å²) in [7, 11) is 1.62. The topological polar surface area (TPSA) is 102 Å². The fourth-order valence-corrected chi connectivity index (χ4v) is 1.75. The molecular weight excluding hydrogens is 224 g/mol. The molecule has 1 aliphatic heterocycles. The van der Waals surface area contributed by atoms with Crippen molar-refractivity contribution < 1.29 is 14.3 Å². The molecule has 0 spiro atoms. The minimum Gasteiger partial charge on any atom is -0.382 e. The van der Waals surface area contributed by atoms with E-state index in [-0.39, 0.29) is 5.91 Å². The number of aromatic amines is 1. The molecule has 1 fully saturated rings. The number of nitrogen functional groups attached to an aromatic ring is 1. The van der Waals surface area contributed by atoms with Crippen molar-refractivity contribution in [3.05, 3.63) is 11.8 Å². The highest BCUT2D eigenvalue weighted by Gasteiger charge is 2.35. The Morgan fingerprint density at radius 1 is 1.82 bits per heavy atom. The molecule has 2 heterocycles. The Hall–Kier alpha value is -1.60. The van der Waals surface area contributed by atoms with Gasteiger partial charge < -0.3 is 20.5 Å². The van der Waals surface area contributed by atoms with Gasteiger partial charge in [0.2, 0.25) is 0 Å². The molecule has 0 aliphatic carbocycles. The molecule has 1 aliphatic rings. The average molecular weight is 240 g/mol. The predicted octanol–water partition coefficient (Wildman–Crippen LogP) is -0.473. The first-order valence-corrected chi connectivity index (χ1v) is 5.37. The summed E-state index contributed by atoms with van der Waals surface area (Å²) in [5.74, 6) is 0.0401. The number of nitrogens with zero attached hydrogens (tertiary/aromatic N) is 1.